The van der Waals surface area contributed by atoms with Gasteiger partial charge < -0.3 is 76.6 Å². The van der Waals surface area contributed by atoms with Crippen LogP contribution in [0.1, 0.15) is 67.1 Å². The largest absolute Gasteiger partial charge is 0.394 e. The smallest absolute Gasteiger partial charge is 0.256 e. The molecule has 0 aromatic heterocycles. The van der Waals surface area contributed by atoms with Gasteiger partial charge in [0.1, 0.15) is 13.2 Å². The number of halogens is 6. The number of amides is 4. The van der Waals surface area contributed by atoms with E-state index in [0.717, 1.165) is 9.80 Å². The molecule has 27 heteroatoms. The second-order valence-electron chi connectivity index (χ2n) is 13.9. The summed E-state index contributed by atoms with van der Waals surface area (Å²) in [5.41, 5.74) is -0.671. The molecule has 0 bridgehead atoms. The zero-order valence-corrected chi connectivity index (χ0v) is 46.3. The maximum Gasteiger partial charge on any atom is 0.256 e. The van der Waals surface area contributed by atoms with E-state index in [4.69, 9.17) is 0 Å². The summed E-state index contributed by atoms with van der Waals surface area (Å²) < 4.78 is 0.553. The summed E-state index contributed by atoms with van der Waals surface area (Å²) in [4.78, 5) is 83.2. The van der Waals surface area contributed by atoms with Gasteiger partial charge in [-0.1, -0.05) is 0 Å². The molecule has 0 aliphatic rings. The lowest BCUT2D eigenvalue weighted by atomic mass is 10.00. The Balaban J connectivity index is 2.80. The van der Waals surface area contributed by atoms with E-state index in [1.807, 2.05) is 0 Å². The SMILES string of the molecule is O=C(CO)Nc1c(I)c(C(=O)CCC(O)CO)c(I)c(C(=O)N(CC(O)CO)CC(O)CN(CC(O)CO)C(=O)c2c(I)c(NC(=O)CO)c(I)c(C(=O)CCC(O)CO)c2I)c1I. The summed E-state index contributed by atoms with van der Waals surface area (Å²) in [7, 11) is 0. The summed E-state index contributed by atoms with van der Waals surface area (Å²) in [6, 6.07) is 0. The van der Waals surface area contributed by atoms with Crippen molar-refractivity contribution in [2.24, 2.45) is 0 Å². The summed E-state index contributed by atoms with van der Waals surface area (Å²) in [6.07, 6.45) is -8.37. The Labute approximate surface area is 448 Å². The van der Waals surface area contributed by atoms with Gasteiger partial charge in [-0.3, -0.25) is 28.8 Å². The van der Waals surface area contributed by atoms with Crippen molar-refractivity contribution in [3.05, 3.63) is 43.7 Å². The van der Waals surface area contributed by atoms with Crippen LogP contribution in [0, 0.1) is 21.4 Å². The zero-order valence-electron chi connectivity index (χ0n) is 33.3. The summed E-state index contributed by atoms with van der Waals surface area (Å²) >= 11 is 10.5. The Morgan fingerprint density at radius 2 is 0.703 bits per heavy atom. The number of hydrogen-bond donors (Lipinski definition) is 13. The number of ketones is 2. The molecule has 0 aliphatic heterocycles. The maximum absolute atomic E-state index is 14.6. The fourth-order valence-corrected chi connectivity index (χ4v) is 14.8. The third-order valence-corrected chi connectivity index (χ3v) is 15.5. The van der Waals surface area contributed by atoms with Gasteiger partial charge in [0.15, 0.2) is 11.6 Å². The number of Topliss-reactive ketones (excluding diaryl/α,β-unsaturated/α-hetero) is 2. The van der Waals surface area contributed by atoms with E-state index in [9.17, 15) is 84.9 Å². The molecule has 4 amide bonds. The Morgan fingerprint density at radius 1 is 0.422 bits per heavy atom. The fourth-order valence-electron chi connectivity index (χ4n) is 5.79. The van der Waals surface area contributed by atoms with Crippen LogP contribution in [0.4, 0.5) is 11.4 Å². The van der Waals surface area contributed by atoms with Gasteiger partial charge >= 0.3 is 0 Å². The highest BCUT2D eigenvalue weighted by Crippen LogP contribution is 2.39. The summed E-state index contributed by atoms with van der Waals surface area (Å²) in [5.74, 6) is -4.91. The van der Waals surface area contributed by atoms with E-state index in [1.165, 1.54) is 0 Å². The Morgan fingerprint density at radius 3 is 0.984 bits per heavy atom. The predicted molar refractivity (Wildman–Crippen MR) is 278 cm³/mol. The Hall–Kier alpha value is -0.400. The number of carbonyl (C=O) groups is 6. The molecule has 0 fully saturated rings. The van der Waals surface area contributed by atoms with Gasteiger partial charge in [0.25, 0.3) is 11.8 Å². The fraction of sp³-hybridized carbons (Fsp3) is 0.514. The highest BCUT2D eigenvalue weighted by atomic mass is 127. The van der Waals surface area contributed by atoms with E-state index in [0.29, 0.717) is 0 Å². The number of benzene rings is 2. The van der Waals surface area contributed by atoms with Crippen molar-refractivity contribution in [3.8, 4) is 0 Å². The predicted octanol–water partition coefficient (Wildman–Crippen LogP) is -0.540. The monoisotopic (exact) mass is 1580 g/mol. The van der Waals surface area contributed by atoms with Crippen molar-refractivity contribution in [2.75, 3.05) is 76.5 Å². The molecule has 4 atom stereocenters. The number of hydrogen-bond acceptors (Lipinski definition) is 17. The molecule has 0 saturated heterocycles. The molecule has 64 heavy (non-hydrogen) atoms. The van der Waals surface area contributed by atoms with Crippen LogP contribution in [0.25, 0.3) is 0 Å². The first kappa shape index (κ1) is 59.7. The van der Waals surface area contributed by atoms with Crippen LogP contribution >= 0.6 is 136 Å². The molecule has 0 aliphatic carbocycles. The lowest BCUT2D eigenvalue weighted by Crippen LogP contribution is -2.49. The van der Waals surface area contributed by atoms with Crippen molar-refractivity contribution in [1.29, 1.82) is 0 Å². The lowest BCUT2D eigenvalue weighted by Gasteiger charge is -2.32. The second kappa shape index (κ2) is 28.9. The summed E-state index contributed by atoms with van der Waals surface area (Å²) in [5, 5.41) is 115. The molecule has 13 N–H and O–H groups in total. The number of nitrogens with zero attached hydrogens (tertiary/aromatic N) is 2. The normalized spacial score (nSPS) is 13.7. The zero-order chi connectivity index (χ0) is 48.7. The van der Waals surface area contributed by atoms with Crippen LogP contribution in [-0.2, 0) is 9.59 Å². The molecular weight excluding hydrogens is 1530 g/mol. The topological polar surface area (TPSA) is 355 Å². The first-order valence-electron chi connectivity index (χ1n) is 18.8. The van der Waals surface area contributed by atoms with E-state index in [1.54, 1.807) is 136 Å². The first-order valence-corrected chi connectivity index (χ1v) is 25.2. The highest BCUT2D eigenvalue weighted by Gasteiger charge is 2.35. The number of aliphatic hydroxyl groups excluding tert-OH is 11. The van der Waals surface area contributed by atoms with E-state index in [-0.39, 0.29) is 80.7 Å². The van der Waals surface area contributed by atoms with Crippen molar-refractivity contribution in [3.63, 3.8) is 0 Å². The average Bonchev–Trinajstić information content (AvgIpc) is 3.26. The number of nitrogens with one attached hydrogen (secondary N) is 2. The molecule has 2 rings (SSSR count). The molecule has 4 unspecified atom stereocenters. The van der Waals surface area contributed by atoms with Crippen LogP contribution in [0.15, 0.2) is 0 Å². The van der Waals surface area contributed by atoms with Crippen molar-refractivity contribution < 1.29 is 84.9 Å². The van der Waals surface area contributed by atoms with Gasteiger partial charge in [-0.2, -0.15) is 0 Å². The molecular formula is C37H46I6N4O17. The van der Waals surface area contributed by atoms with Crippen molar-refractivity contribution >= 4 is 182 Å². The molecule has 0 heterocycles. The lowest BCUT2D eigenvalue weighted by molar-refractivity contribution is -0.119. The Kier molecular flexibility index (Phi) is 27.0. The van der Waals surface area contributed by atoms with Crippen LogP contribution in [-0.4, -0.2) is 198 Å². The van der Waals surface area contributed by atoms with Gasteiger partial charge in [-0.15, -0.1) is 0 Å². The van der Waals surface area contributed by atoms with Gasteiger partial charge in [-0.25, -0.2) is 0 Å². The van der Waals surface area contributed by atoms with Crippen LogP contribution in [0.5, 0.6) is 0 Å². The van der Waals surface area contributed by atoms with Gasteiger partial charge in [0.05, 0.1) is 86.6 Å². The van der Waals surface area contributed by atoms with Crippen LogP contribution in [0.2, 0.25) is 0 Å². The highest BCUT2D eigenvalue weighted by molar-refractivity contribution is 14.1. The van der Waals surface area contributed by atoms with Gasteiger partial charge in [-0.05, 0) is 148 Å². The van der Waals surface area contributed by atoms with E-state index < -0.39 is 132 Å². The quantitative estimate of drug-likeness (QED) is 0.0416. The molecule has 2 aromatic rings. The van der Waals surface area contributed by atoms with Crippen molar-refractivity contribution in [1.82, 2.24) is 9.80 Å². The number of carbonyl (C=O) groups excluding carboxylic acids is 6. The molecule has 0 saturated carbocycles. The minimum atomic E-state index is -1.74. The van der Waals surface area contributed by atoms with Crippen LogP contribution < -0.4 is 10.6 Å². The second-order valence-corrected chi connectivity index (χ2v) is 20.4. The third kappa shape index (κ3) is 16.4. The first-order chi connectivity index (χ1) is 30.0. The molecule has 21 nitrogen and oxygen atoms in total. The Bertz CT molecular complexity index is 1890. The summed E-state index contributed by atoms with van der Waals surface area (Å²) in [6.45, 7) is -7.61. The molecule has 2 aromatic carbocycles. The van der Waals surface area contributed by atoms with E-state index in [2.05, 4.69) is 10.6 Å². The van der Waals surface area contributed by atoms with Crippen LogP contribution in [0.3, 0.4) is 0 Å². The molecule has 0 radical (unpaired) electrons. The average molecular weight is 1580 g/mol. The molecule has 0 spiro atoms. The standard InChI is InChI=1S/C37H46I6N4O17/c38-28-24(20(59)3-1-15(54)9-48)30(40)34(44-22(61)13-52)32(42)26(28)36(63)46(7-18(57)11-50)5-17(56)6-47(8-19(58)12-51)37(64)27-29(39)25(21(60)4-2-16(55)10-49)31(41)35(33(27)43)45-23(62)14-53/h15-19,48-58H,1-14H2,(H,44,61)(H,45,62). The number of aliphatic hydroxyl groups is 11. The van der Waals surface area contributed by atoms with Crippen molar-refractivity contribution in [2.45, 2.75) is 56.2 Å². The number of rotatable bonds is 26. The maximum atomic E-state index is 14.6. The van der Waals surface area contributed by atoms with Gasteiger partial charge in [0.2, 0.25) is 11.8 Å². The minimum Gasteiger partial charge on any atom is -0.394 e. The third-order valence-electron chi connectivity index (χ3n) is 8.99. The minimum absolute atomic E-state index is 0.0471. The number of anilines is 2. The van der Waals surface area contributed by atoms with E-state index >= 15 is 0 Å². The van der Waals surface area contributed by atoms with Gasteiger partial charge in [0, 0.05) is 64.4 Å². The molecule has 358 valence electrons.